The lowest BCUT2D eigenvalue weighted by Crippen LogP contribution is -2.40. The Morgan fingerprint density at radius 2 is 1.58 bits per heavy atom. The third-order valence-electron chi connectivity index (χ3n) is 5.61. The number of nitro benzene ring substituents is 1. The lowest BCUT2D eigenvalue weighted by Gasteiger charge is -2.28. The summed E-state index contributed by atoms with van der Waals surface area (Å²) in [5.41, 5.74) is 2.45. The molecule has 0 aromatic heterocycles. The minimum atomic E-state index is -0.592. The second-order valence-corrected chi connectivity index (χ2v) is 8.63. The van der Waals surface area contributed by atoms with Crippen LogP contribution < -0.4 is 10.2 Å². The van der Waals surface area contributed by atoms with Gasteiger partial charge in [0.1, 0.15) is 5.69 Å². The van der Waals surface area contributed by atoms with E-state index in [2.05, 4.69) is 21.2 Å². The summed E-state index contributed by atoms with van der Waals surface area (Å²) < 4.78 is 0.867. The van der Waals surface area contributed by atoms with Crippen molar-refractivity contribution < 1.29 is 14.5 Å². The number of benzene rings is 4. The number of nitro groups is 1. The Kier molecular flexibility index (Phi) is 4.94. The minimum Gasteiger partial charge on any atom is -0.349 e. The number of rotatable bonds is 4. The quantitative estimate of drug-likeness (QED) is 0.199. The summed E-state index contributed by atoms with van der Waals surface area (Å²) in [6, 6.07) is 20.4. The van der Waals surface area contributed by atoms with E-state index in [0.717, 1.165) is 14.9 Å². The van der Waals surface area contributed by atoms with Crippen LogP contribution in [0.2, 0.25) is 0 Å². The van der Waals surface area contributed by atoms with Gasteiger partial charge in [0.25, 0.3) is 17.5 Å². The molecule has 1 N–H and O–H groups in total. The number of halogens is 1. The van der Waals surface area contributed by atoms with Crippen LogP contribution in [0.25, 0.3) is 10.8 Å². The average molecular weight is 502 g/mol. The molecule has 8 heteroatoms. The zero-order chi connectivity index (χ0) is 23.3. The molecule has 2 amide bonds. The first-order valence-electron chi connectivity index (χ1n) is 10.1. The van der Waals surface area contributed by atoms with Gasteiger partial charge < -0.3 is 5.32 Å². The number of hydrogen-bond acceptors (Lipinski definition) is 5. The molecule has 7 nitrogen and oxygen atoms in total. The van der Waals surface area contributed by atoms with Crippen LogP contribution in [0.15, 0.2) is 77.3 Å². The molecule has 0 spiro atoms. The number of nitrogens with zero attached hydrogens (tertiary/aromatic N) is 2. The van der Waals surface area contributed by atoms with Crippen molar-refractivity contribution in [3.63, 3.8) is 0 Å². The number of carbonyl (C=O) groups is 2. The summed E-state index contributed by atoms with van der Waals surface area (Å²) in [4.78, 5) is 39.4. The summed E-state index contributed by atoms with van der Waals surface area (Å²) in [6.07, 6.45) is 0. The van der Waals surface area contributed by atoms with Gasteiger partial charge in [-0.3, -0.25) is 19.7 Å². The van der Waals surface area contributed by atoms with Crippen LogP contribution in [-0.2, 0) is 0 Å². The van der Waals surface area contributed by atoms with E-state index >= 15 is 0 Å². The molecular formula is C25H16BrN3O4. The maximum atomic E-state index is 13.4. The van der Waals surface area contributed by atoms with Gasteiger partial charge >= 0.3 is 0 Å². The van der Waals surface area contributed by atoms with E-state index < -0.39 is 16.7 Å². The first-order valence-corrected chi connectivity index (χ1v) is 10.9. The maximum Gasteiger partial charge on any atom is 0.294 e. The van der Waals surface area contributed by atoms with E-state index in [1.165, 1.54) is 6.07 Å². The third-order valence-corrected chi connectivity index (χ3v) is 6.14. The van der Waals surface area contributed by atoms with Gasteiger partial charge in [0.15, 0.2) is 0 Å². The molecule has 0 saturated heterocycles. The van der Waals surface area contributed by atoms with E-state index in [9.17, 15) is 19.7 Å². The first-order chi connectivity index (χ1) is 15.8. The molecule has 0 saturated carbocycles. The Balaban J connectivity index is 1.74. The predicted octanol–water partition coefficient (Wildman–Crippen LogP) is 6.36. The van der Waals surface area contributed by atoms with Crippen LogP contribution >= 0.6 is 15.9 Å². The van der Waals surface area contributed by atoms with Crippen molar-refractivity contribution in [2.75, 3.05) is 10.2 Å². The van der Waals surface area contributed by atoms with E-state index in [1.54, 1.807) is 54.6 Å². The zero-order valence-electron chi connectivity index (χ0n) is 17.3. The molecule has 0 radical (unpaired) electrons. The Morgan fingerprint density at radius 3 is 2.24 bits per heavy atom. The summed E-state index contributed by atoms with van der Waals surface area (Å²) in [5, 5.41) is 16.0. The second-order valence-electron chi connectivity index (χ2n) is 7.72. The van der Waals surface area contributed by atoms with Crippen molar-refractivity contribution in [3.05, 3.63) is 104 Å². The number of hydrogen-bond donors (Lipinski definition) is 1. The molecule has 0 bridgehead atoms. The van der Waals surface area contributed by atoms with Crippen LogP contribution in [-0.4, -0.2) is 16.7 Å². The number of anilines is 3. The summed E-state index contributed by atoms with van der Waals surface area (Å²) in [7, 11) is 0. The molecule has 162 valence electrons. The fourth-order valence-corrected chi connectivity index (χ4v) is 4.30. The normalized spacial score (nSPS) is 12.8. The summed E-state index contributed by atoms with van der Waals surface area (Å²) in [6.45, 7) is 1.91. The maximum absolute atomic E-state index is 13.4. The average Bonchev–Trinajstić information content (AvgIpc) is 2.80. The Bertz CT molecular complexity index is 1460. The monoisotopic (exact) mass is 501 g/mol. The number of amides is 2. The molecule has 0 fully saturated rings. The number of carbonyl (C=O) groups excluding carboxylic acids is 2. The molecule has 1 heterocycles. The molecule has 4 aromatic rings. The second kappa shape index (κ2) is 7.83. The lowest BCUT2D eigenvalue weighted by atomic mass is 9.91. The van der Waals surface area contributed by atoms with Crippen LogP contribution in [0.4, 0.5) is 22.7 Å². The van der Waals surface area contributed by atoms with Crippen LogP contribution in [0, 0.1) is 17.0 Å². The van der Waals surface area contributed by atoms with Gasteiger partial charge in [-0.25, -0.2) is 4.90 Å². The van der Waals surface area contributed by atoms with Gasteiger partial charge in [-0.05, 0) is 49.4 Å². The molecule has 1 aliphatic heterocycles. The van der Waals surface area contributed by atoms with Crippen molar-refractivity contribution in [2.24, 2.45) is 0 Å². The smallest absolute Gasteiger partial charge is 0.294 e. The van der Waals surface area contributed by atoms with Gasteiger partial charge in [-0.15, -0.1) is 0 Å². The highest BCUT2D eigenvalue weighted by molar-refractivity contribution is 9.10. The first kappa shape index (κ1) is 20.8. The highest BCUT2D eigenvalue weighted by atomic mass is 79.9. The molecule has 33 heavy (non-hydrogen) atoms. The van der Waals surface area contributed by atoms with Crippen LogP contribution in [0.1, 0.15) is 26.3 Å². The fraction of sp³-hybridized carbons (Fsp3) is 0.0400. The standard InChI is InChI=1S/C25H16BrN3O4/c1-14-5-11-17(12-6-14)28-24(30)19-4-2-3-18-22(19)20(25(28)31)13-21(29(32)33)23(18)27-16-9-7-15(26)8-10-16/h2-13,27H,1H3. The summed E-state index contributed by atoms with van der Waals surface area (Å²) >= 11 is 3.37. The SMILES string of the molecule is Cc1ccc(N2C(=O)c3cccc4c(Nc5ccc(Br)cc5)c([N+](=O)[O-])cc(c34)C2=O)cc1. The molecule has 0 aliphatic carbocycles. The van der Waals surface area contributed by atoms with Gasteiger partial charge in [0.2, 0.25) is 0 Å². The largest absolute Gasteiger partial charge is 0.349 e. The van der Waals surface area contributed by atoms with Gasteiger partial charge in [-0.2, -0.15) is 0 Å². The molecule has 4 aromatic carbocycles. The Morgan fingerprint density at radius 1 is 0.909 bits per heavy atom. The molecule has 0 unspecified atom stereocenters. The Labute approximate surface area is 196 Å². The van der Waals surface area contributed by atoms with E-state index in [4.69, 9.17) is 0 Å². The van der Waals surface area contributed by atoms with Gasteiger partial charge in [0.05, 0.1) is 16.2 Å². The van der Waals surface area contributed by atoms with Crippen molar-refractivity contribution in [1.82, 2.24) is 0 Å². The molecular weight excluding hydrogens is 486 g/mol. The fourth-order valence-electron chi connectivity index (χ4n) is 4.03. The van der Waals surface area contributed by atoms with Crippen LogP contribution in [0.5, 0.6) is 0 Å². The number of nitrogens with one attached hydrogen (secondary N) is 1. The topological polar surface area (TPSA) is 92.6 Å². The van der Waals surface area contributed by atoms with Gasteiger partial charge in [0, 0.05) is 32.6 Å². The van der Waals surface area contributed by atoms with Crippen molar-refractivity contribution in [1.29, 1.82) is 0 Å². The highest BCUT2D eigenvalue weighted by Crippen LogP contribution is 2.42. The molecule has 5 rings (SSSR count). The highest BCUT2D eigenvalue weighted by Gasteiger charge is 2.37. The molecule has 0 atom stereocenters. The minimum absolute atomic E-state index is 0.119. The van der Waals surface area contributed by atoms with Gasteiger partial charge in [-0.1, -0.05) is 45.8 Å². The number of aryl methyl sites for hydroxylation is 1. The zero-order valence-corrected chi connectivity index (χ0v) is 18.9. The number of imide groups is 1. The van der Waals surface area contributed by atoms with Crippen molar-refractivity contribution >= 4 is 61.3 Å². The summed E-state index contributed by atoms with van der Waals surface area (Å²) in [5.74, 6) is -1.06. The predicted molar refractivity (Wildman–Crippen MR) is 130 cm³/mol. The van der Waals surface area contributed by atoms with Crippen molar-refractivity contribution in [2.45, 2.75) is 6.92 Å². The van der Waals surface area contributed by atoms with E-state index in [1.807, 2.05) is 19.1 Å². The van der Waals surface area contributed by atoms with Crippen molar-refractivity contribution in [3.8, 4) is 0 Å². The van der Waals surface area contributed by atoms with Crippen LogP contribution in [0.3, 0.4) is 0 Å². The molecule has 1 aliphatic rings. The van der Waals surface area contributed by atoms with E-state index in [0.29, 0.717) is 27.7 Å². The Hall–Kier alpha value is -4.04. The lowest BCUT2D eigenvalue weighted by molar-refractivity contribution is -0.383. The third kappa shape index (κ3) is 3.44. The van der Waals surface area contributed by atoms with E-state index in [-0.39, 0.29) is 16.9 Å².